The van der Waals surface area contributed by atoms with Crippen LogP contribution >= 0.6 is 11.3 Å². The zero-order valence-corrected chi connectivity index (χ0v) is 24.7. The number of para-hydroxylation sites is 1. The third-order valence-electron chi connectivity index (χ3n) is 6.94. The number of aryl methyl sites for hydroxylation is 1. The van der Waals surface area contributed by atoms with Gasteiger partial charge in [0.15, 0.2) is 24.3 Å². The van der Waals surface area contributed by atoms with Crippen LogP contribution in [0, 0.1) is 12.7 Å². The smallest absolute Gasteiger partial charge is 0.228 e. The molecular formula is C33H46FN2O2S+. The van der Waals surface area contributed by atoms with Crippen molar-refractivity contribution in [1.82, 2.24) is 0 Å². The number of thiazole rings is 1. The fourth-order valence-electron chi connectivity index (χ4n) is 4.84. The molecule has 0 aliphatic rings. The maximum Gasteiger partial charge on any atom is 0.228 e. The van der Waals surface area contributed by atoms with Gasteiger partial charge in [0.25, 0.3) is 0 Å². The number of aromatic nitrogens is 1. The van der Waals surface area contributed by atoms with Crippen molar-refractivity contribution >= 4 is 22.9 Å². The average molecular weight is 554 g/mol. The van der Waals surface area contributed by atoms with Crippen molar-refractivity contribution in [2.24, 2.45) is 0 Å². The number of nitrogens with zero attached hydrogens (tertiary/aromatic N) is 1. The summed E-state index contributed by atoms with van der Waals surface area (Å²) in [5.74, 6) is -0.398. The minimum absolute atomic E-state index is 0.0637. The summed E-state index contributed by atoms with van der Waals surface area (Å²) < 4.78 is 22.6. The molecular weight excluding hydrogens is 507 g/mol. The molecule has 0 atom stereocenters. The predicted molar refractivity (Wildman–Crippen MR) is 160 cm³/mol. The van der Waals surface area contributed by atoms with Crippen LogP contribution in [0.1, 0.15) is 100.0 Å². The average Bonchev–Trinajstić information content (AvgIpc) is 3.32. The Morgan fingerprint density at radius 1 is 0.923 bits per heavy atom. The van der Waals surface area contributed by atoms with Crippen molar-refractivity contribution in [3.05, 3.63) is 76.0 Å². The number of halogens is 1. The van der Waals surface area contributed by atoms with Gasteiger partial charge in [0.1, 0.15) is 0 Å². The molecule has 0 fully saturated rings. The summed E-state index contributed by atoms with van der Waals surface area (Å²) >= 11 is 1.71. The monoisotopic (exact) mass is 553 g/mol. The van der Waals surface area contributed by atoms with E-state index in [4.69, 9.17) is 4.74 Å². The van der Waals surface area contributed by atoms with Crippen molar-refractivity contribution in [2.75, 3.05) is 11.9 Å². The summed E-state index contributed by atoms with van der Waals surface area (Å²) in [5, 5.41) is 2.96. The lowest BCUT2D eigenvalue weighted by Gasteiger charge is -2.13. The molecule has 0 radical (unpaired) electrons. The van der Waals surface area contributed by atoms with Gasteiger partial charge in [-0.3, -0.25) is 4.79 Å². The van der Waals surface area contributed by atoms with Gasteiger partial charge in [-0.1, -0.05) is 113 Å². The number of anilines is 1. The molecule has 212 valence electrons. The fraction of sp³-hybridized carbons (Fsp3) is 0.515. The highest BCUT2D eigenvalue weighted by Gasteiger charge is 2.14. The SMILES string of the molecule is CCCCCCCCCCCCCCOc1c(F)cccc1CC(=O)Nc1cccc(C[n+]2csc(C)c2)c1. The molecule has 2 aromatic carbocycles. The molecule has 0 saturated heterocycles. The van der Waals surface area contributed by atoms with Crippen LogP contribution < -0.4 is 14.6 Å². The number of carbonyl (C=O) groups is 1. The van der Waals surface area contributed by atoms with Crippen LogP contribution in [0.15, 0.2) is 54.2 Å². The Morgan fingerprint density at radius 3 is 2.26 bits per heavy atom. The number of unbranched alkanes of at least 4 members (excludes halogenated alkanes) is 11. The predicted octanol–water partition coefficient (Wildman–Crippen LogP) is 8.79. The quantitative estimate of drug-likeness (QED) is 0.119. The lowest BCUT2D eigenvalue weighted by molar-refractivity contribution is -0.683. The molecule has 0 aliphatic carbocycles. The third kappa shape index (κ3) is 11.9. The zero-order valence-electron chi connectivity index (χ0n) is 23.9. The molecule has 1 aromatic heterocycles. The second kappa shape index (κ2) is 17.8. The van der Waals surface area contributed by atoms with Crippen molar-refractivity contribution in [3.63, 3.8) is 0 Å². The van der Waals surface area contributed by atoms with Crippen molar-refractivity contribution in [2.45, 2.75) is 104 Å². The van der Waals surface area contributed by atoms with E-state index in [1.807, 2.05) is 24.3 Å². The molecule has 0 saturated carbocycles. The molecule has 0 unspecified atom stereocenters. The number of benzene rings is 2. The van der Waals surface area contributed by atoms with Gasteiger partial charge in [-0.2, -0.15) is 4.57 Å². The van der Waals surface area contributed by atoms with Gasteiger partial charge in [0.05, 0.1) is 17.9 Å². The van der Waals surface area contributed by atoms with Crippen LogP contribution in [0.25, 0.3) is 0 Å². The number of ether oxygens (including phenoxy) is 1. The normalized spacial score (nSPS) is 11.1. The van der Waals surface area contributed by atoms with Crippen LogP contribution in [0.4, 0.5) is 10.1 Å². The van der Waals surface area contributed by atoms with Crippen LogP contribution in [0.2, 0.25) is 0 Å². The molecule has 1 amide bonds. The van der Waals surface area contributed by atoms with E-state index in [-0.39, 0.29) is 18.1 Å². The van der Waals surface area contributed by atoms with Crippen molar-refractivity contribution in [1.29, 1.82) is 0 Å². The number of nitrogens with one attached hydrogen (secondary N) is 1. The number of carbonyl (C=O) groups excluding carboxylic acids is 1. The van der Waals surface area contributed by atoms with E-state index < -0.39 is 5.82 Å². The first-order valence-electron chi connectivity index (χ1n) is 14.8. The molecule has 1 N–H and O–H groups in total. The summed E-state index contributed by atoms with van der Waals surface area (Å²) in [6.07, 6.45) is 17.4. The standard InChI is InChI=1S/C33H45FN2O2S/c1-3-4-5-6-7-8-9-10-11-12-13-14-21-38-33-29(18-16-20-31(33)34)23-32(37)35-30-19-15-17-28(22-30)25-36-24-27(2)39-26-36/h15-20,22,24,26H,3-14,21,23,25H2,1-2H3/p+1. The summed E-state index contributed by atoms with van der Waals surface area (Å²) in [4.78, 5) is 14.1. The highest BCUT2D eigenvalue weighted by molar-refractivity contribution is 7.09. The van der Waals surface area contributed by atoms with Crippen LogP contribution in [0.3, 0.4) is 0 Å². The molecule has 3 rings (SSSR count). The third-order valence-corrected chi connectivity index (χ3v) is 7.79. The van der Waals surface area contributed by atoms with E-state index in [0.29, 0.717) is 12.2 Å². The summed E-state index contributed by atoms with van der Waals surface area (Å²) in [5.41, 5.74) is 4.50. The van der Waals surface area contributed by atoms with Gasteiger partial charge in [-0.25, -0.2) is 4.39 Å². The second-order valence-electron chi connectivity index (χ2n) is 10.5. The first-order valence-corrected chi connectivity index (χ1v) is 15.7. The maximum atomic E-state index is 14.6. The van der Waals surface area contributed by atoms with Gasteiger partial charge in [-0.05, 0) is 31.5 Å². The highest BCUT2D eigenvalue weighted by Crippen LogP contribution is 2.24. The lowest BCUT2D eigenvalue weighted by atomic mass is 10.1. The summed E-state index contributed by atoms with van der Waals surface area (Å²) in [7, 11) is 0. The second-order valence-corrected chi connectivity index (χ2v) is 11.6. The zero-order chi connectivity index (χ0) is 27.7. The number of rotatable bonds is 19. The maximum absolute atomic E-state index is 14.6. The van der Waals surface area contributed by atoms with Gasteiger partial charge >= 0.3 is 0 Å². The van der Waals surface area contributed by atoms with E-state index in [1.54, 1.807) is 23.5 Å². The molecule has 1 heterocycles. The Labute approximate surface area is 238 Å². The first kappa shape index (κ1) is 30.8. The van der Waals surface area contributed by atoms with Crippen LogP contribution in [0.5, 0.6) is 5.75 Å². The molecule has 39 heavy (non-hydrogen) atoms. The molecule has 4 nitrogen and oxygen atoms in total. The number of amides is 1. The van der Waals surface area contributed by atoms with E-state index in [0.717, 1.165) is 30.6 Å². The minimum atomic E-state index is -0.413. The summed E-state index contributed by atoms with van der Waals surface area (Å²) in [6.45, 7) is 5.55. The number of hydrogen-bond acceptors (Lipinski definition) is 3. The Kier molecular flexibility index (Phi) is 14.0. The van der Waals surface area contributed by atoms with E-state index in [1.165, 1.54) is 75.2 Å². The largest absolute Gasteiger partial charge is 0.490 e. The van der Waals surface area contributed by atoms with Crippen molar-refractivity contribution in [3.8, 4) is 5.75 Å². The van der Waals surface area contributed by atoms with Crippen LogP contribution in [-0.2, 0) is 17.8 Å². The summed E-state index contributed by atoms with van der Waals surface area (Å²) in [6, 6.07) is 12.6. The van der Waals surface area contributed by atoms with Gasteiger partial charge in [0, 0.05) is 16.8 Å². The molecule has 0 aliphatic heterocycles. The fourth-order valence-corrected chi connectivity index (χ4v) is 5.47. The van der Waals surface area contributed by atoms with Gasteiger partial charge in [-0.15, -0.1) is 0 Å². The van der Waals surface area contributed by atoms with Gasteiger partial charge < -0.3 is 10.1 Å². The molecule has 0 spiro atoms. The Bertz CT molecular complexity index is 1130. The van der Waals surface area contributed by atoms with Crippen molar-refractivity contribution < 1.29 is 18.5 Å². The first-order chi connectivity index (χ1) is 19.0. The Balaban J connectivity index is 1.37. The Morgan fingerprint density at radius 2 is 1.59 bits per heavy atom. The van der Waals surface area contributed by atoms with Gasteiger partial charge in [0.2, 0.25) is 11.4 Å². The molecule has 3 aromatic rings. The minimum Gasteiger partial charge on any atom is -0.490 e. The molecule has 6 heteroatoms. The lowest BCUT2D eigenvalue weighted by Crippen LogP contribution is -2.30. The van der Waals surface area contributed by atoms with E-state index in [2.05, 4.69) is 35.4 Å². The molecule has 0 bridgehead atoms. The topological polar surface area (TPSA) is 42.2 Å². The Hall–Kier alpha value is -2.73. The van der Waals surface area contributed by atoms with E-state index >= 15 is 0 Å². The van der Waals surface area contributed by atoms with Crippen LogP contribution in [-0.4, -0.2) is 12.5 Å². The van der Waals surface area contributed by atoms with E-state index in [9.17, 15) is 9.18 Å². The highest BCUT2D eigenvalue weighted by atomic mass is 32.1. The number of hydrogen-bond donors (Lipinski definition) is 1.